The Balaban J connectivity index is 1.57. The fraction of sp³-hybridized carbons (Fsp3) is 0.421. The standard InChI is InChI=1S/C19H22FN5S/c1-12-18(13(2)24(3)23-12)16-5-4-10-25(16)19-22-21-17(26-19)11-14-6-8-15(20)9-7-14/h6-9,16H,4-5,10-11H2,1-3H3. The maximum atomic E-state index is 13.1. The van der Waals surface area contributed by atoms with Gasteiger partial charge in [-0.3, -0.25) is 4.68 Å². The van der Waals surface area contributed by atoms with Crippen LogP contribution < -0.4 is 4.90 Å². The molecule has 1 aliphatic rings. The lowest BCUT2D eigenvalue weighted by molar-refractivity contribution is 0.627. The van der Waals surface area contributed by atoms with Gasteiger partial charge < -0.3 is 4.90 Å². The van der Waals surface area contributed by atoms with Gasteiger partial charge in [0.05, 0.1) is 11.7 Å². The third-order valence-corrected chi connectivity index (χ3v) is 6.08. The predicted molar refractivity (Wildman–Crippen MR) is 101 cm³/mol. The average molecular weight is 371 g/mol. The Hall–Kier alpha value is -2.28. The zero-order valence-corrected chi connectivity index (χ0v) is 16.1. The van der Waals surface area contributed by atoms with Crippen LogP contribution in [0.3, 0.4) is 0 Å². The number of aromatic nitrogens is 4. The highest BCUT2D eigenvalue weighted by molar-refractivity contribution is 7.15. The first-order valence-electron chi connectivity index (χ1n) is 8.86. The lowest BCUT2D eigenvalue weighted by atomic mass is 10.0. The molecule has 1 fully saturated rings. The van der Waals surface area contributed by atoms with Crippen molar-refractivity contribution in [3.63, 3.8) is 0 Å². The van der Waals surface area contributed by atoms with E-state index in [9.17, 15) is 4.39 Å². The number of rotatable bonds is 4. The molecule has 1 saturated heterocycles. The van der Waals surface area contributed by atoms with E-state index in [1.54, 1.807) is 23.5 Å². The van der Waals surface area contributed by atoms with E-state index in [2.05, 4.69) is 34.0 Å². The number of halogens is 1. The molecule has 0 N–H and O–H groups in total. The minimum absolute atomic E-state index is 0.214. The minimum Gasteiger partial charge on any atom is -0.339 e. The number of aryl methyl sites for hydroxylation is 2. The smallest absolute Gasteiger partial charge is 0.208 e. The summed E-state index contributed by atoms with van der Waals surface area (Å²) in [5, 5.41) is 15.3. The average Bonchev–Trinajstić information content (AvgIpc) is 3.31. The summed E-state index contributed by atoms with van der Waals surface area (Å²) in [7, 11) is 2.00. The van der Waals surface area contributed by atoms with E-state index in [1.807, 2.05) is 11.7 Å². The molecule has 26 heavy (non-hydrogen) atoms. The van der Waals surface area contributed by atoms with Crippen LogP contribution in [0.4, 0.5) is 9.52 Å². The molecule has 0 aliphatic carbocycles. The molecular formula is C19H22FN5S. The van der Waals surface area contributed by atoms with Gasteiger partial charge in [0.25, 0.3) is 0 Å². The first-order valence-corrected chi connectivity index (χ1v) is 9.68. The summed E-state index contributed by atoms with van der Waals surface area (Å²) in [5.74, 6) is -0.214. The molecule has 0 bridgehead atoms. The van der Waals surface area contributed by atoms with Crippen molar-refractivity contribution in [3.05, 3.63) is 57.6 Å². The maximum absolute atomic E-state index is 13.1. The van der Waals surface area contributed by atoms with Crippen LogP contribution in [-0.2, 0) is 13.5 Å². The number of anilines is 1. The van der Waals surface area contributed by atoms with Crippen LogP contribution in [0.2, 0.25) is 0 Å². The Morgan fingerprint density at radius 1 is 1.19 bits per heavy atom. The SMILES string of the molecule is Cc1nn(C)c(C)c1C1CCCN1c1nnc(Cc2ccc(F)cc2)s1. The van der Waals surface area contributed by atoms with Gasteiger partial charge in [-0.1, -0.05) is 23.5 Å². The molecule has 0 amide bonds. The molecule has 0 saturated carbocycles. The molecule has 0 radical (unpaired) electrons. The molecule has 0 spiro atoms. The first-order chi connectivity index (χ1) is 12.5. The molecule has 1 atom stereocenters. The monoisotopic (exact) mass is 371 g/mol. The Kier molecular flexibility index (Phi) is 4.48. The van der Waals surface area contributed by atoms with Gasteiger partial charge in [-0.15, -0.1) is 10.2 Å². The highest BCUT2D eigenvalue weighted by Crippen LogP contribution is 2.39. The lowest BCUT2D eigenvalue weighted by Gasteiger charge is -2.24. The van der Waals surface area contributed by atoms with Gasteiger partial charge in [0.2, 0.25) is 5.13 Å². The van der Waals surface area contributed by atoms with Gasteiger partial charge in [-0.2, -0.15) is 5.10 Å². The van der Waals surface area contributed by atoms with E-state index >= 15 is 0 Å². The van der Waals surface area contributed by atoms with Crippen molar-refractivity contribution < 1.29 is 4.39 Å². The normalized spacial score (nSPS) is 17.2. The van der Waals surface area contributed by atoms with Crippen LogP contribution in [0.1, 0.15) is 46.4 Å². The third-order valence-electron chi connectivity index (χ3n) is 5.12. The molecule has 4 rings (SSSR count). The van der Waals surface area contributed by atoms with Crippen LogP contribution >= 0.6 is 11.3 Å². The second-order valence-electron chi connectivity index (χ2n) is 6.84. The molecule has 7 heteroatoms. The third kappa shape index (κ3) is 3.11. The number of nitrogens with zero attached hydrogens (tertiary/aromatic N) is 5. The zero-order valence-electron chi connectivity index (χ0n) is 15.2. The Morgan fingerprint density at radius 3 is 2.65 bits per heavy atom. The summed E-state index contributed by atoms with van der Waals surface area (Å²) in [5.41, 5.74) is 4.68. The van der Waals surface area contributed by atoms with Gasteiger partial charge in [-0.25, -0.2) is 4.39 Å². The van der Waals surface area contributed by atoms with E-state index in [-0.39, 0.29) is 5.82 Å². The Morgan fingerprint density at radius 2 is 1.96 bits per heavy atom. The highest BCUT2D eigenvalue weighted by atomic mass is 32.1. The van der Waals surface area contributed by atoms with E-state index in [0.29, 0.717) is 12.5 Å². The number of hydrogen-bond donors (Lipinski definition) is 0. The van der Waals surface area contributed by atoms with Crippen LogP contribution in [0, 0.1) is 19.7 Å². The largest absolute Gasteiger partial charge is 0.339 e. The molecular weight excluding hydrogens is 349 g/mol. The maximum Gasteiger partial charge on any atom is 0.208 e. The molecule has 5 nitrogen and oxygen atoms in total. The summed E-state index contributed by atoms with van der Waals surface area (Å²) < 4.78 is 15.0. The summed E-state index contributed by atoms with van der Waals surface area (Å²) in [6, 6.07) is 6.90. The van der Waals surface area contributed by atoms with E-state index < -0.39 is 0 Å². The van der Waals surface area contributed by atoms with Gasteiger partial charge in [0.1, 0.15) is 10.8 Å². The first kappa shape index (κ1) is 17.1. The summed E-state index contributed by atoms with van der Waals surface area (Å²) in [6.45, 7) is 5.20. The van der Waals surface area contributed by atoms with Crippen LogP contribution in [-0.4, -0.2) is 26.5 Å². The fourth-order valence-corrected chi connectivity index (χ4v) is 4.73. The molecule has 1 aliphatic heterocycles. The van der Waals surface area contributed by atoms with Gasteiger partial charge in [0, 0.05) is 31.3 Å². The van der Waals surface area contributed by atoms with Crippen LogP contribution in [0.5, 0.6) is 0 Å². The van der Waals surface area contributed by atoms with E-state index in [4.69, 9.17) is 0 Å². The predicted octanol–water partition coefficient (Wildman–Crippen LogP) is 3.96. The molecule has 3 heterocycles. The molecule has 136 valence electrons. The van der Waals surface area contributed by atoms with Crippen molar-refractivity contribution in [1.29, 1.82) is 0 Å². The Labute approximate surface area is 156 Å². The van der Waals surface area contributed by atoms with Gasteiger partial charge >= 0.3 is 0 Å². The number of hydrogen-bond acceptors (Lipinski definition) is 5. The summed E-state index contributed by atoms with van der Waals surface area (Å²) >= 11 is 1.63. The second-order valence-corrected chi connectivity index (χ2v) is 7.88. The molecule has 1 aromatic carbocycles. The minimum atomic E-state index is -0.214. The van der Waals surface area contributed by atoms with Gasteiger partial charge in [-0.05, 0) is 44.4 Å². The van der Waals surface area contributed by atoms with Crippen LogP contribution in [0.25, 0.3) is 0 Å². The van der Waals surface area contributed by atoms with Crippen molar-refractivity contribution in [2.75, 3.05) is 11.4 Å². The van der Waals surface area contributed by atoms with Crippen molar-refractivity contribution in [3.8, 4) is 0 Å². The van der Waals surface area contributed by atoms with Crippen LogP contribution in [0.15, 0.2) is 24.3 Å². The van der Waals surface area contributed by atoms with Crippen molar-refractivity contribution in [2.45, 2.75) is 39.2 Å². The van der Waals surface area contributed by atoms with E-state index in [0.717, 1.165) is 40.8 Å². The van der Waals surface area contributed by atoms with Gasteiger partial charge in [0.15, 0.2) is 0 Å². The topological polar surface area (TPSA) is 46.8 Å². The van der Waals surface area contributed by atoms with Crippen molar-refractivity contribution in [2.24, 2.45) is 7.05 Å². The summed E-state index contributed by atoms with van der Waals surface area (Å²) in [6.07, 6.45) is 2.94. The lowest BCUT2D eigenvalue weighted by Crippen LogP contribution is -2.23. The number of benzene rings is 1. The van der Waals surface area contributed by atoms with Crippen molar-refractivity contribution >= 4 is 16.5 Å². The fourth-order valence-electron chi connectivity index (χ4n) is 3.78. The molecule has 2 aromatic heterocycles. The highest BCUT2D eigenvalue weighted by Gasteiger charge is 2.32. The van der Waals surface area contributed by atoms with E-state index in [1.165, 1.54) is 23.4 Å². The zero-order chi connectivity index (χ0) is 18.3. The molecule has 1 unspecified atom stereocenters. The summed E-state index contributed by atoms with van der Waals surface area (Å²) in [4.78, 5) is 2.36. The van der Waals surface area contributed by atoms with Crippen molar-refractivity contribution in [1.82, 2.24) is 20.0 Å². The Bertz CT molecular complexity index is 915. The quantitative estimate of drug-likeness (QED) is 0.696. The second kappa shape index (κ2) is 6.79. The molecule has 3 aromatic rings.